The highest BCUT2D eigenvalue weighted by Gasteiger charge is 2.08. The number of methoxy groups -OCH3 is 1. The Balaban J connectivity index is 2.98. The van der Waals surface area contributed by atoms with Crippen molar-refractivity contribution in [1.82, 2.24) is 0 Å². The zero-order chi connectivity index (χ0) is 11.5. The van der Waals surface area contributed by atoms with E-state index in [0.29, 0.717) is 11.4 Å². The standard InChI is InChI=1S/C9H12BrNO3S/c1-3-15(12,13)11-7-4-5-8(10)9(6-7)14-2/h4-6,11H,3H2,1-2H3. The first-order valence-corrected chi connectivity index (χ1v) is 6.77. The quantitative estimate of drug-likeness (QED) is 0.926. The third kappa shape index (κ3) is 3.39. The molecule has 4 nitrogen and oxygen atoms in total. The fourth-order valence-corrected chi connectivity index (χ4v) is 2.01. The summed E-state index contributed by atoms with van der Waals surface area (Å²) >= 11 is 3.29. The molecule has 1 rings (SSSR count). The van der Waals surface area contributed by atoms with E-state index in [1.165, 1.54) is 7.11 Å². The highest BCUT2D eigenvalue weighted by atomic mass is 79.9. The minimum Gasteiger partial charge on any atom is -0.495 e. The monoisotopic (exact) mass is 293 g/mol. The minimum atomic E-state index is -3.23. The van der Waals surface area contributed by atoms with E-state index in [-0.39, 0.29) is 5.75 Å². The van der Waals surface area contributed by atoms with Crippen molar-refractivity contribution in [2.75, 3.05) is 17.6 Å². The molecule has 1 aromatic carbocycles. The lowest BCUT2D eigenvalue weighted by Gasteiger charge is -2.08. The molecule has 0 radical (unpaired) electrons. The van der Waals surface area contributed by atoms with Crippen LogP contribution in [0.1, 0.15) is 6.92 Å². The summed E-state index contributed by atoms with van der Waals surface area (Å²) in [6, 6.07) is 5.02. The van der Waals surface area contributed by atoms with E-state index in [4.69, 9.17) is 4.74 Å². The zero-order valence-corrected chi connectivity index (χ0v) is 10.9. The van der Waals surface area contributed by atoms with Crippen molar-refractivity contribution in [2.24, 2.45) is 0 Å². The van der Waals surface area contributed by atoms with Crippen molar-refractivity contribution in [2.45, 2.75) is 6.92 Å². The van der Waals surface area contributed by atoms with Crippen LogP contribution in [0.3, 0.4) is 0 Å². The summed E-state index contributed by atoms with van der Waals surface area (Å²) in [5.41, 5.74) is 0.497. The second-order valence-electron chi connectivity index (χ2n) is 2.85. The van der Waals surface area contributed by atoms with Crippen molar-refractivity contribution >= 4 is 31.6 Å². The van der Waals surface area contributed by atoms with E-state index < -0.39 is 10.0 Å². The second-order valence-corrected chi connectivity index (χ2v) is 5.72. The highest BCUT2D eigenvalue weighted by molar-refractivity contribution is 9.10. The number of ether oxygens (including phenoxy) is 1. The summed E-state index contributed by atoms with van der Waals surface area (Å²) in [6.45, 7) is 1.58. The molecule has 0 unspecified atom stereocenters. The predicted octanol–water partition coefficient (Wildman–Crippen LogP) is 2.22. The Morgan fingerprint density at radius 3 is 2.67 bits per heavy atom. The smallest absolute Gasteiger partial charge is 0.232 e. The van der Waals surface area contributed by atoms with Gasteiger partial charge in [-0.1, -0.05) is 0 Å². The summed E-state index contributed by atoms with van der Waals surface area (Å²) in [6.07, 6.45) is 0. The van der Waals surface area contributed by atoms with E-state index in [1.807, 2.05) is 0 Å². The molecule has 1 N–H and O–H groups in total. The number of anilines is 1. The summed E-state index contributed by atoms with van der Waals surface area (Å²) < 4.78 is 30.9. The van der Waals surface area contributed by atoms with Gasteiger partial charge >= 0.3 is 0 Å². The van der Waals surface area contributed by atoms with Crippen LogP contribution in [0.5, 0.6) is 5.75 Å². The van der Waals surface area contributed by atoms with Crippen LogP contribution in [0.25, 0.3) is 0 Å². The van der Waals surface area contributed by atoms with Gasteiger partial charge in [0.15, 0.2) is 0 Å². The Morgan fingerprint density at radius 2 is 2.13 bits per heavy atom. The molecule has 84 valence electrons. The molecule has 15 heavy (non-hydrogen) atoms. The average molecular weight is 294 g/mol. The van der Waals surface area contributed by atoms with Gasteiger partial charge in [0.2, 0.25) is 10.0 Å². The topological polar surface area (TPSA) is 55.4 Å². The van der Waals surface area contributed by atoms with E-state index in [9.17, 15) is 8.42 Å². The second kappa shape index (κ2) is 4.85. The van der Waals surface area contributed by atoms with Crippen LogP contribution in [0.15, 0.2) is 22.7 Å². The summed E-state index contributed by atoms with van der Waals surface area (Å²) in [5.74, 6) is 0.636. The van der Waals surface area contributed by atoms with Crippen LogP contribution in [-0.4, -0.2) is 21.3 Å². The molecule has 0 spiro atoms. The van der Waals surface area contributed by atoms with Gasteiger partial charge in [0.25, 0.3) is 0 Å². The molecule has 0 saturated heterocycles. The molecule has 0 heterocycles. The maximum Gasteiger partial charge on any atom is 0.232 e. The van der Waals surface area contributed by atoms with E-state index in [1.54, 1.807) is 25.1 Å². The number of hydrogen-bond donors (Lipinski definition) is 1. The first-order chi connectivity index (χ1) is 6.98. The Kier molecular flexibility index (Phi) is 3.98. The Morgan fingerprint density at radius 1 is 1.47 bits per heavy atom. The number of nitrogens with one attached hydrogen (secondary N) is 1. The molecule has 0 amide bonds. The molecular weight excluding hydrogens is 282 g/mol. The molecule has 0 aromatic heterocycles. The third-order valence-corrected chi connectivity index (χ3v) is 3.77. The lowest BCUT2D eigenvalue weighted by Crippen LogP contribution is -2.14. The first kappa shape index (κ1) is 12.3. The predicted molar refractivity (Wildman–Crippen MR) is 63.8 cm³/mol. The normalized spacial score (nSPS) is 11.1. The van der Waals surface area contributed by atoms with Gasteiger partial charge in [0.05, 0.1) is 23.0 Å². The molecule has 0 aliphatic rings. The number of hydrogen-bond acceptors (Lipinski definition) is 3. The molecule has 0 saturated carbocycles. The lowest BCUT2D eigenvalue weighted by atomic mass is 10.3. The molecule has 0 aliphatic carbocycles. The van der Waals surface area contributed by atoms with Crippen molar-refractivity contribution in [3.8, 4) is 5.75 Å². The highest BCUT2D eigenvalue weighted by Crippen LogP contribution is 2.28. The summed E-state index contributed by atoms with van der Waals surface area (Å²) in [7, 11) is -1.71. The molecule has 0 bridgehead atoms. The van der Waals surface area contributed by atoms with E-state index in [2.05, 4.69) is 20.7 Å². The third-order valence-electron chi connectivity index (χ3n) is 1.80. The fourth-order valence-electron chi connectivity index (χ4n) is 0.975. The number of rotatable bonds is 4. The number of sulfonamides is 1. The average Bonchev–Trinajstić information content (AvgIpc) is 2.20. The van der Waals surface area contributed by atoms with Crippen LogP contribution >= 0.6 is 15.9 Å². The minimum absolute atomic E-state index is 0.0470. The van der Waals surface area contributed by atoms with Gasteiger partial charge in [0, 0.05) is 6.07 Å². The van der Waals surface area contributed by atoms with Gasteiger partial charge in [0.1, 0.15) is 5.75 Å². The largest absolute Gasteiger partial charge is 0.495 e. The number of halogens is 1. The van der Waals surface area contributed by atoms with Crippen LogP contribution in [0, 0.1) is 0 Å². The summed E-state index contributed by atoms with van der Waals surface area (Å²) in [5, 5.41) is 0. The van der Waals surface area contributed by atoms with E-state index in [0.717, 1.165) is 4.47 Å². The fraction of sp³-hybridized carbons (Fsp3) is 0.333. The van der Waals surface area contributed by atoms with Crippen molar-refractivity contribution < 1.29 is 13.2 Å². The van der Waals surface area contributed by atoms with Gasteiger partial charge in [-0.3, -0.25) is 4.72 Å². The van der Waals surface area contributed by atoms with Gasteiger partial charge in [-0.25, -0.2) is 8.42 Å². The van der Waals surface area contributed by atoms with Crippen LogP contribution in [0.2, 0.25) is 0 Å². The molecule has 1 aromatic rings. The van der Waals surface area contributed by atoms with Gasteiger partial charge < -0.3 is 4.74 Å². The first-order valence-electron chi connectivity index (χ1n) is 4.32. The molecule has 0 fully saturated rings. The number of benzene rings is 1. The Bertz CT molecular complexity index is 445. The molecule has 6 heteroatoms. The van der Waals surface area contributed by atoms with E-state index >= 15 is 0 Å². The lowest BCUT2D eigenvalue weighted by molar-refractivity contribution is 0.412. The molecule has 0 atom stereocenters. The van der Waals surface area contributed by atoms with Crippen molar-refractivity contribution in [3.05, 3.63) is 22.7 Å². The van der Waals surface area contributed by atoms with Gasteiger partial charge in [-0.2, -0.15) is 0 Å². The maximum atomic E-state index is 11.3. The Labute approximate surface area is 97.8 Å². The molecule has 0 aliphatic heterocycles. The van der Waals surface area contributed by atoms with Crippen molar-refractivity contribution in [3.63, 3.8) is 0 Å². The van der Waals surface area contributed by atoms with Crippen molar-refractivity contribution in [1.29, 1.82) is 0 Å². The van der Waals surface area contributed by atoms with Crippen LogP contribution in [-0.2, 0) is 10.0 Å². The zero-order valence-electron chi connectivity index (χ0n) is 8.45. The van der Waals surface area contributed by atoms with Gasteiger partial charge in [-0.05, 0) is 35.0 Å². The van der Waals surface area contributed by atoms with Crippen LogP contribution < -0.4 is 9.46 Å². The molecular formula is C9H12BrNO3S. The van der Waals surface area contributed by atoms with Gasteiger partial charge in [-0.15, -0.1) is 0 Å². The maximum absolute atomic E-state index is 11.3. The Hall–Kier alpha value is -0.750. The summed E-state index contributed by atoms with van der Waals surface area (Å²) in [4.78, 5) is 0. The van der Waals surface area contributed by atoms with Crippen LogP contribution in [0.4, 0.5) is 5.69 Å². The SMILES string of the molecule is CCS(=O)(=O)Nc1ccc(Br)c(OC)c1.